The number of benzene rings is 1. The Labute approximate surface area is 135 Å². The van der Waals surface area contributed by atoms with Gasteiger partial charge in [0, 0.05) is 16.9 Å². The topological polar surface area (TPSA) is 30.0 Å². The number of rotatable bonds is 3. The molecule has 1 aromatic heterocycles. The maximum absolute atomic E-state index is 12.9. The van der Waals surface area contributed by atoms with Gasteiger partial charge in [-0.3, -0.25) is 4.79 Å². The summed E-state index contributed by atoms with van der Waals surface area (Å²) in [5.41, 5.74) is 2.75. The second-order valence-corrected chi connectivity index (χ2v) is 7.20. The largest absolute Gasteiger partial charge is 0.294 e. The average molecular weight is 314 g/mol. The van der Waals surface area contributed by atoms with E-state index in [-0.39, 0.29) is 5.92 Å². The molecular formula is C19H20ClNO. The first-order valence-electron chi connectivity index (χ1n) is 8.29. The molecule has 1 heterocycles. The summed E-state index contributed by atoms with van der Waals surface area (Å²) in [7, 11) is 0. The molecule has 2 aliphatic rings. The molecule has 2 aliphatic carbocycles. The Hall–Kier alpha value is -1.41. The molecule has 0 spiro atoms. The maximum atomic E-state index is 12.9. The molecule has 0 N–H and O–H groups in total. The summed E-state index contributed by atoms with van der Waals surface area (Å²) >= 11 is 6.17. The molecule has 2 saturated carbocycles. The van der Waals surface area contributed by atoms with Crippen LogP contribution in [0.5, 0.6) is 0 Å². The molecule has 114 valence electrons. The number of hydrogen-bond acceptors (Lipinski definition) is 2. The molecule has 4 rings (SSSR count). The lowest BCUT2D eigenvalue weighted by Gasteiger charge is -2.20. The van der Waals surface area contributed by atoms with Crippen molar-refractivity contribution in [1.82, 2.24) is 4.98 Å². The van der Waals surface area contributed by atoms with E-state index in [1.165, 1.54) is 19.3 Å². The molecule has 0 saturated heterocycles. The number of pyridine rings is 1. The fourth-order valence-corrected chi connectivity index (χ4v) is 4.66. The van der Waals surface area contributed by atoms with Gasteiger partial charge in [0.25, 0.3) is 0 Å². The predicted octanol–water partition coefficient (Wildman–Crippen LogP) is 5.07. The first-order valence-corrected chi connectivity index (χ1v) is 8.67. The first kappa shape index (κ1) is 14.2. The molecule has 2 fully saturated rings. The number of carbonyl (C=O) groups is 1. The van der Waals surface area contributed by atoms with Crippen LogP contribution in [0.2, 0.25) is 5.15 Å². The van der Waals surface area contributed by atoms with Crippen molar-refractivity contribution in [1.29, 1.82) is 0 Å². The number of fused-ring (bicyclic) bond motifs is 3. The number of aromatic nitrogens is 1. The summed E-state index contributed by atoms with van der Waals surface area (Å²) in [6.45, 7) is 2.07. The van der Waals surface area contributed by atoms with Crippen LogP contribution in [0.15, 0.2) is 24.3 Å². The van der Waals surface area contributed by atoms with Gasteiger partial charge in [-0.1, -0.05) is 24.9 Å². The van der Waals surface area contributed by atoms with E-state index in [0.29, 0.717) is 16.9 Å². The van der Waals surface area contributed by atoms with E-state index >= 15 is 0 Å². The van der Waals surface area contributed by atoms with Gasteiger partial charge in [-0.25, -0.2) is 4.98 Å². The Bertz CT molecular complexity index is 754. The van der Waals surface area contributed by atoms with E-state index in [1.54, 1.807) is 0 Å². The van der Waals surface area contributed by atoms with Crippen LogP contribution >= 0.6 is 11.6 Å². The molecule has 3 atom stereocenters. The molecule has 1 aromatic carbocycles. The molecule has 0 amide bonds. The third-order valence-corrected chi connectivity index (χ3v) is 5.91. The van der Waals surface area contributed by atoms with Gasteiger partial charge in [0.2, 0.25) is 0 Å². The quantitative estimate of drug-likeness (QED) is 0.585. The Morgan fingerprint density at radius 1 is 1.27 bits per heavy atom. The summed E-state index contributed by atoms with van der Waals surface area (Å²) in [4.78, 5) is 17.3. The Morgan fingerprint density at radius 3 is 2.82 bits per heavy atom. The fourth-order valence-electron chi connectivity index (χ4n) is 4.38. The van der Waals surface area contributed by atoms with Crippen LogP contribution in [0, 0.1) is 17.8 Å². The van der Waals surface area contributed by atoms with Crippen molar-refractivity contribution < 1.29 is 4.79 Å². The zero-order valence-corrected chi connectivity index (χ0v) is 13.6. The third-order valence-electron chi connectivity index (χ3n) is 5.58. The lowest BCUT2D eigenvalue weighted by Crippen LogP contribution is -2.21. The van der Waals surface area contributed by atoms with Crippen molar-refractivity contribution >= 4 is 28.3 Å². The minimum atomic E-state index is 0.252. The lowest BCUT2D eigenvalue weighted by molar-refractivity contribution is 0.0875. The van der Waals surface area contributed by atoms with Gasteiger partial charge in [-0.05, 0) is 67.3 Å². The van der Waals surface area contributed by atoms with Crippen LogP contribution in [0.4, 0.5) is 0 Å². The van der Waals surface area contributed by atoms with Crippen molar-refractivity contribution in [3.05, 3.63) is 40.5 Å². The zero-order chi connectivity index (χ0) is 15.3. The minimum absolute atomic E-state index is 0.252. The van der Waals surface area contributed by atoms with E-state index in [4.69, 9.17) is 11.6 Å². The van der Waals surface area contributed by atoms with E-state index in [2.05, 4.69) is 18.0 Å². The van der Waals surface area contributed by atoms with Gasteiger partial charge < -0.3 is 0 Å². The molecule has 2 bridgehead atoms. The number of nitrogens with zero attached hydrogens (tertiary/aromatic N) is 1. The van der Waals surface area contributed by atoms with Crippen molar-refractivity contribution in [2.75, 3.05) is 0 Å². The zero-order valence-electron chi connectivity index (χ0n) is 12.8. The van der Waals surface area contributed by atoms with E-state index in [0.717, 1.165) is 40.8 Å². The van der Waals surface area contributed by atoms with Gasteiger partial charge >= 0.3 is 0 Å². The van der Waals surface area contributed by atoms with Crippen LogP contribution in [0.1, 0.15) is 48.5 Å². The highest BCUT2D eigenvalue weighted by atomic mass is 35.5. The molecular weight excluding hydrogens is 294 g/mol. The standard InChI is InChI=1S/C19H20ClNO/c1-2-12-9-15-10-14(5-6-17(15)21-19(12)20)18(22)16-8-11-3-4-13(16)7-11/h5-6,9-11,13,16H,2-4,7-8H2,1H3/t11-,13+,16?/m1/s1. The molecule has 3 heteroatoms. The highest BCUT2D eigenvalue weighted by molar-refractivity contribution is 6.30. The number of carbonyl (C=O) groups excluding carboxylic acids is 1. The smallest absolute Gasteiger partial charge is 0.166 e. The normalized spacial score (nSPS) is 26.7. The second-order valence-electron chi connectivity index (χ2n) is 6.84. The number of aryl methyl sites for hydroxylation is 1. The van der Waals surface area contributed by atoms with Crippen molar-refractivity contribution in [2.45, 2.75) is 39.0 Å². The highest BCUT2D eigenvalue weighted by Gasteiger charge is 2.43. The molecule has 2 nitrogen and oxygen atoms in total. The molecule has 0 radical (unpaired) electrons. The second kappa shape index (κ2) is 5.34. The predicted molar refractivity (Wildman–Crippen MR) is 89.4 cm³/mol. The van der Waals surface area contributed by atoms with Crippen LogP contribution in [0.25, 0.3) is 10.9 Å². The number of ketones is 1. The Balaban J connectivity index is 1.70. The third kappa shape index (κ3) is 2.25. The lowest BCUT2D eigenvalue weighted by atomic mass is 9.83. The van der Waals surface area contributed by atoms with Crippen LogP contribution in [-0.2, 0) is 6.42 Å². The van der Waals surface area contributed by atoms with Crippen LogP contribution in [0.3, 0.4) is 0 Å². The molecule has 1 unspecified atom stereocenters. The summed E-state index contributed by atoms with van der Waals surface area (Å²) in [6.07, 6.45) is 5.79. The Morgan fingerprint density at radius 2 is 2.14 bits per heavy atom. The minimum Gasteiger partial charge on any atom is -0.294 e. The molecule has 0 aliphatic heterocycles. The Kier molecular flexibility index (Phi) is 3.45. The average Bonchev–Trinajstić information content (AvgIpc) is 3.16. The van der Waals surface area contributed by atoms with Crippen molar-refractivity contribution in [3.63, 3.8) is 0 Å². The van der Waals surface area contributed by atoms with Crippen LogP contribution < -0.4 is 0 Å². The van der Waals surface area contributed by atoms with Gasteiger partial charge in [0.15, 0.2) is 5.78 Å². The number of halogens is 1. The van der Waals surface area contributed by atoms with Crippen molar-refractivity contribution in [3.8, 4) is 0 Å². The van der Waals surface area contributed by atoms with Crippen molar-refractivity contribution in [2.24, 2.45) is 17.8 Å². The molecule has 2 aromatic rings. The highest BCUT2D eigenvalue weighted by Crippen LogP contribution is 2.49. The SMILES string of the molecule is CCc1cc2cc(C(=O)C3C[C@@H]4CC[C@H]3C4)ccc2nc1Cl. The summed E-state index contributed by atoms with van der Waals surface area (Å²) in [6, 6.07) is 7.93. The van der Waals surface area contributed by atoms with E-state index in [1.807, 2.05) is 18.2 Å². The number of hydrogen-bond donors (Lipinski definition) is 0. The van der Waals surface area contributed by atoms with Gasteiger partial charge in [-0.15, -0.1) is 0 Å². The van der Waals surface area contributed by atoms with Gasteiger partial charge in [0.05, 0.1) is 5.52 Å². The fraction of sp³-hybridized carbons (Fsp3) is 0.474. The van der Waals surface area contributed by atoms with E-state index < -0.39 is 0 Å². The molecule has 22 heavy (non-hydrogen) atoms. The maximum Gasteiger partial charge on any atom is 0.166 e. The summed E-state index contributed by atoms with van der Waals surface area (Å²) < 4.78 is 0. The van der Waals surface area contributed by atoms with E-state index in [9.17, 15) is 4.79 Å². The van der Waals surface area contributed by atoms with Gasteiger partial charge in [-0.2, -0.15) is 0 Å². The monoisotopic (exact) mass is 313 g/mol. The summed E-state index contributed by atoms with van der Waals surface area (Å²) in [5, 5.41) is 1.59. The van der Waals surface area contributed by atoms with Crippen LogP contribution in [-0.4, -0.2) is 10.8 Å². The first-order chi connectivity index (χ1) is 10.7. The summed E-state index contributed by atoms with van der Waals surface area (Å²) in [5.74, 6) is 2.01. The van der Waals surface area contributed by atoms with Gasteiger partial charge in [0.1, 0.15) is 5.15 Å². The number of Topliss-reactive ketones (excluding diaryl/α,β-unsaturated/α-hetero) is 1.